The second-order valence-corrected chi connectivity index (χ2v) is 4.15. The van der Waals surface area contributed by atoms with Crippen LogP contribution in [0.5, 0.6) is 0 Å². The molecule has 0 bridgehead atoms. The van der Waals surface area contributed by atoms with E-state index in [1.807, 2.05) is 0 Å². The average Bonchev–Trinajstić information content (AvgIpc) is 2.86. The van der Waals surface area contributed by atoms with Crippen LogP contribution in [0.4, 0.5) is 13.2 Å². The predicted molar refractivity (Wildman–Crippen MR) is 64.2 cm³/mol. The van der Waals surface area contributed by atoms with Gasteiger partial charge >= 0.3 is 0 Å². The van der Waals surface area contributed by atoms with Crippen molar-refractivity contribution in [3.05, 3.63) is 53.6 Å². The fourth-order valence-corrected chi connectivity index (χ4v) is 1.89. The summed E-state index contributed by atoms with van der Waals surface area (Å²) in [6, 6.07) is 4.82. The standard InChI is InChI=1S/C13H8F3N3O/c14-9-3-7(4-10(15)13(9)16)11-1-2-12-17-5-8(6-20)19(12)18-11/h1-5,20H,6H2. The van der Waals surface area contributed by atoms with Gasteiger partial charge in [-0.3, -0.25) is 0 Å². The molecule has 1 aromatic carbocycles. The van der Waals surface area contributed by atoms with Crippen molar-refractivity contribution in [1.82, 2.24) is 14.6 Å². The van der Waals surface area contributed by atoms with Crippen molar-refractivity contribution in [2.45, 2.75) is 6.61 Å². The molecular weight excluding hydrogens is 271 g/mol. The largest absolute Gasteiger partial charge is 0.390 e. The van der Waals surface area contributed by atoms with Crippen LogP contribution in [0.1, 0.15) is 5.69 Å². The molecule has 3 rings (SSSR count). The van der Waals surface area contributed by atoms with E-state index in [0.29, 0.717) is 11.3 Å². The van der Waals surface area contributed by atoms with E-state index in [1.54, 1.807) is 6.07 Å². The minimum absolute atomic E-state index is 0.0980. The van der Waals surface area contributed by atoms with Crippen molar-refractivity contribution in [3.63, 3.8) is 0 Å². The number of halogens is 3. The molecule has 0 spiro atoms. The summed E-state index contributed by atoms with van der Waals surface area (Å²) >= 11 is 0. The molecule has 0 atom stereocenters. The van der Waals surface area contributed by atoms with Crippen LogP contribution in [0.3, 0.4) is 0 Å². The molecule has 0 fully saturated rings. The van der Waals surface area contributed by atoms with Gasteiger partial charge in [-0.15, -0.1) is 0 Å². The molecule has 7 heteroatoms. The highest BCUT2D eigenvalue weighted by Gasteiger charge is 2.13. The van der Waals surface area contributed by atoms with E-state index < -0.39 is 17.5 Å². The van der Waals surface area contributed by atoms with Crippen molar-refractivity contribution < 1.29 is 18.3 Å². The average molecular weight is 279 g/mol. The van der Waals surface area contributed by atoms with Gasteiger partial charge in [-0.05, 0) is 24.3 Å². The summed E-state index contributed by atoms with van der Waals surface area (Å²) in [4.78, 5) is 4.01. The molecule has 0 radical (unpaired) electrons. The molecule has 2 aromatic heterocycles. The van der Waals surface area contributed by atoms with E-state index in [4.69, 9.17) is 5.11 Å². The zero-order valence-electron chi connectivity index (χ0n) is 10.0. The lowest BCUT2D eigenvalue weighted by molar-refractivity contribution is 0.274. The van der Waals surface area contributed by atoms with Gasteiger partial charge in [-0.25, -0.2) is 22.7 Å². The van der Waals surface area contributed by atoms with Gasteiger partial charge in [0, 0.05) is 5.56 Å². The van der Waals surface area contributed by atoms with E-state index in [-0.39, 0.29) is 17.9 Å². The highest BCUT2D eigenvalue weighted by molar-refractivity contribution is 5.60. The summed E-state index contributed by atoms with van der Waals surface area (Å²) in [5, 5.41) is 13.3. The minimum atomic E-state index is -1.52. The highest BCUT2D eigenvalue weighted by atomic mass is 19.2. The Kier molecular flexibility index (Phi) is 2.90. The van der Waals surface area contributed by atoms with Crippen molar-refractivity contribution in [2.24, 2.45) is 0 Å². The van der Waals surface area contributed by atoms with Gasteiger partial charge in [0.1, 0.15) is 0 Å². The number of aliphatic hydroxyl groups is 1. The maximum absolute atomic E-state index is 13.2. The number of nitrogens with zero attached hydrogens (tertiary/aromatic N) is 3. The SMILES string of the molecule is OCc1cnc2ccc(-c3cc(F)c(F)c(F)c3)nn12. The Balaban J connectivity index is 2.19. The molecule has 3 aromatic rings. The Hall–Kier alpha value is -2.41. The van der Waals surface area contributed by atoms with Crippen LogP contribution < -0.4 is 0 Å². The fraction of sp³-hybridized carbons (Fsp3) is 0.0769. The molecule has 4 nitrogen and oxygen atoms in total. The van der Waals surface area contributed by atoms with Crippen LogP contribution in [0, 0.1) is 17.5 Å². The molecule has 0 amide bonds. The number of rotatable bonds is 2. The molecule has 2 heterocycles. The number of aromatic nitrogens is 3. The second kappa shape index (κ2) is 4.61. The summed E-state index contributed by atoms with van der Waals surface area (Å²) < 4.78 is 40.7. The van der Waals surface area contributed by atoms with Crippen molar-refractivity contribution >= 4 is 5.65 Å². The van der Waals surface area contributed by atoms with E-state index in [9.17, 15) is 13.2 Å². The normalized spacial score (nSPS) is 11.2. The molecule has 20 heavy (non-hydrogen) atoms. The van der Waals surface area contributed by atoms with Crippen LogP contribution in [-0.4, -0.2) is 19.7 Å². The molecule has 0 aliphatic rings. The fourth-order valence-electron chi connectivity index (χ4n) is 1.89. The first-order valence-corrected chi connectivity index (χ1v) is 5.69. The van der Waals surface area contributed by atoms with Gasteiger partial charge in [0.05, 0.1) is 24.2 Å². The molecule has 0 unspecified atom stereocenters. The molecular formula is C13H8F3N3O. The molecule has 0 saturated heterocycles. The lowest BCUT2D eigenvalue weighted by atomic mass is 10.1. The molecule has 0 aliphatic heterocycles. The first-order valence-electron chi connectivity index (χ1n) is 5.69. The Morgan fingerprint density at radius 2 is 1.80 bits per heavy atom. The molecule has 0 saturated carbocycles. The summed E-state index contributed by atoms with van der Waals surface area (Å²) in [5.41, 5.74) is 1.26. The highest BCUT2D eigenvalue weighted by Crippen LogP contribution is 2.22. The number of benzene rings is 1. The van der Waals surface area contributed by atoms with Gasteiger partial charge < -0.3 is 5.11 Å². The number of hydrogen-bond donors (Lipinski definition) is 1. The lowest BCUT2D eigenvalue weighted by Crippen LogP contribution is -2.00. The number of aliphatic hydroxyl groups excluding tert-OH is 1. The summed E-state index contributed by atoms with van der Waals surface area (Å²) in [7, 11) is 0. The van der Waals surface area contributed by atoms with Crippen molar-refractivity contribution in [2.75, 3.05) is 0 Å². The topological polar surface area (TPSA) is 50.4 Å². The predicted octanol–water partition coefficient (Wildman–Crippen LogP) is 2.31. The first-order chi connectivity index (χ1) is 9.60. The molecule has 0 aliphatic carbocycles. The van der Waals surface area contributed by atoms with Crippen LogP contribution in [-0.2, 0) is 6.61 Å². The van der Waals surface area contributed by atoms with E-state index in [2.05, 4.69) is 10.1 Å². The van der Waals surface area contributed by atoms with Gasteiger partial charge in [0.25, 0.3) is 0 Å². The van der Waals surface area contributed by atoms with Gasteiger partial charge in [0.2, 0.25) is 0 Å². The second-order valence-electron chi connectivity index (χ2n) is 4.15. The number of fused-ring (bicyclic) bond motifs is 1. The lowest BCUT2D eigenvalue weighted by Gasteiger charge is -2.04. The monoisotopic (exact) mass is 279 g/mol. The molecule has 102 valence electrons. The molecule has 1 N–H and O–H groups in total. The smallest absolute Gasteiger partial charge is 0.194 e. The number of imidazole rings is 1. The quantitative estimate of drug-likeness (QED) is 0.732. The van der Waals surface area contributed by atoms with Crippen LogP contribution in [0.25, 0.3) is 16.9 Å². The maximum atomic E-state index is 13.2. The Morgan fingerprint density at radius 1 is 1.10 bits per heavy atom. The van der Waals surface area contributed by atoms with Crippen molar-refractivity contribution in [1.29, 1.82) is 0 Å². The summed E-state index contributed by atoms with van der Waals surface area (Å²) in [5.74, 6) is -4.08. The van der Waals surface area contributed by atoms with E-state index >= 15 is 0 Å². The third kappa shape index (κ3) is 1.92. The van der Waals surface area contributed by atoms with Crippen LogP contribution in [0.15, 0.2) is 30.5 Å². The number of hydrogen-bond acceptors (Lipinski definition) is 3. The summed E-state index contributed by atoms with van der Waals surface area (Å²) in [6.07, 6.45) is 1.44. The third-order valence-corrected chi connectivity index (χ3v) is 2.87. The first kappa shape index (κ1) is 12.6. The van der Waals surface area contributed by atoms with Crippen LogP contribution in [0.2, 0.25) is 0 Å². The Bertz CT molecular complexity index is 778. The zero-order chi connectivity index (χ0) is 14.3. The van der Waals surface area contributed by atoms with Gasteiger partial charge in [-0.1, -0.05) is 0 Å². The Morgan fingerprint density at radius 3 is 2.45 bits per heavy atom. The zero-order valence-corrected chi connectivity index (χ0v) is 10.0. The Labute approximate surface area is 111 Å². The summed E-state index contributed by atoms with van der Waals surface area (Å²) in [6.45, 7) is -0.274. The van der Waals surface area contributed by atoms with Crippen LogP contribution >= 0.6 is 0 Å². The van der Waals surface area contributed by atoms with E-state index in [0.717, 1.165) is 12.1 Å². The maximum Gasteiger partial charge on any atom is 0.194 e. The van der Waals surface area contributed by atoms with Crippen molar-refractivity contribution in [3.8, 4) is 11.3 Å². The van der Waals surface area contributed by atoms with E-state index in [1.165, 1.54) is 16.8 Å². The van der Waals surface area contributed by atoms with Gasteiger partial charge in [-0.2, -0.15) is 5.10 Å². The minimum Gasteiger partial charge on any atom is -0.390 e. The van der Waals surface area contributed by atoms with Gasteiger partial charge in [0.15, 0.2) is 23.1 Å². The third-order valence-electron chi connectivity index (χ3n) is 2.87.